The molecule has 3 aromatic rings. The van der Waals surface area contributed by atoms with Gasteiger partial charge in [-0.15, -0.1) is 0 Å². The lowest BCUT2D eigenvalue weighted by Crippen LogP contribution is -2.51. The Labute approximate surface area is 216 Å². The summed E-state index contributed by atoms with van der Waals surface area (Å²) in [6, 6.07) is 16.5. The Morgan fingerprint density at radius 2 is 1.43 bits per heavy atom. The van der Waals surface area contributed by atoms with E-state index in [0.717, 1.165) is 16.6 Å². The van der Waals surface area contributed by atoms with Gasteiger partial charge in [0.1, 0.15) is 0 Å². The van der Waals surface area contributed by atoms with Crippen LogP contribution in [0.15, 0.2) is 77.3 Å². The molecule has 2 saturated heterocycles. The van der Waals surface area contributed by atoms with Crippen molar-refractivity contribution in [2.45, 2.75) is 17.9 Å². The van der Waals surface area contributed by atoms with E-state index in [-0.39, 0.29) is 16.8 Å². The summed E-state index contributed by atoms with van der Waals surface area (Å²) in [6.45, 7) is 0. The molecule has 10 heteroatoms. The van der Waals surface area contributed by atoms with Gasteiger partial charge < -0.3 is 4.74 Å². The molecular formula is C27H15BrF3NO5. The normalized spacial score (nSPS) is 24.2. The van der Waals surface area contributed by atoms with Crippen LogP contribution < -0.4 is 4.90 Å². The molecule has 0 N–H and O–H groups in total. The van der Waals surface area contributed by atoms with Crippen LogP contribution in [-0.4, -0.2) is 29.0 Å². The largest absolute Gasteiger partial charge is 0.416 e. The number of ether oxygens (including phenoxy) is 1. The van der Waals surface area contributed by atoms with Crippen molar-refractivity contribution in [3.8, 4) is 0 Å². The first-order valence-corrected chi connectivity index (χ1v) is 12.0. The summed E-state index contributed by atoms with van der Waals surface area (Å²) in [7, 11) is 0. The summed E-state index contributed by atoms with van der Waals surface area (Å²) in [5.74, 6) is -6.12. The van der Waals surface area contributed by atoms with E-state index < -0.39 is 58.7 Å². The number of rotatable bonds is 2. The van der Waals surface area contributed by atoms with Gasteiger partial charge in [-0.1, -0.05) is 58.4 Å². The summed E-state index contributed by atoms with van der Waals surface area (Å²) in [5, 5.41) is 0. The Kier molecular flexibility index (Phi) is 5.09. The Bertz CT molecular complexity index is 1480. The van der Waals surface area contributed by atoms with Crippen molar-refractivity contribution in [1.82, 2.24) is 0 Å². The molecule has 6 rings (SSSR count). The van der Waals surface area contributed by atoms with Gasteiger partial charge in [0.15, 0.2) is 0 Å². The third kappa shape index (κ3) is 3.21. The SMILES string of the molecule is O=C1[C@H]2[C@@H](C(=O)N1c1cccc(C(F)(F)F)c1)C1(O[C@H]2c2ccc(Br)cc2)C(=O)c2ccccc2C1=O. The molecule has 3 aromatic carbocycles. The number of benzene rings is 3. The van der Waals surface area contributed by atoms with Gasteiger partial charge in [0.05, 0.1) is 29.2 Å². The van der Waals surface area contributed by atoms with Gasteiger partial charge in [-0.3, -0.25) is 19.2 Å². The molecule has 3 atom stereocenters. The van der Waals surface area contributed by atoms with Crippen LogP contribution in [0.25, 0.3) is 0 Å². The van der Waals surface area contributed by atoms with Crippen molar-refractivity contribution in [1.29, 1.82) is 0 Å². The highest BCUT2D eigenvalue weighted by Crippen LogP contribution is 2.57. The van der Waals surface area contributed by atoms with Gasteiger partial charge in [-0.05, 0) is 35.9 Å². The van der Waals surface area contributed by atoms with Gasteiger partial charge in [0.25, 0.3) is 0 Å². The van der Waals surface area contributed by atoms with E-state index in [1.807, 2.05) is 0 Å². The van der Waals surface area contributed by atoms with Crippen molar-refractivity contribution in [2.75, 3.05) is 4.90 Å². The van der Waals surface area contributed by atoms with E-state index >= 15 is 0 Å². The zero-order valence-electron chi connectivity index (χ0n) is 18.7. The molecule has 2 fully saturated rings. The first kappa shape index (κ1) is 23.7. The number of halogens is 4. The van der Waals surface area contributed by atoms with Crippen LogP contribution in [0.3, 0.4) is 0 Å². The van der Waals surface area contributed by atoms with Crippen LogP contribution in [0.1, 0.15) is 37.9 Å². The predicted molar refractivity (Wildman–Crippen MR) is 127 cm³/mol. The molecule has 186 valence electrons. The number of nitrogens with zero attached hydrogens (tertiary/aromatic N) is 1. The number of fused-ring (bicyclic) bond motifs is 3. The maximum absolute atomic E-state index is 13.8. The van der Waals surface area contributed by atoms with Crippen LogP contribution in [0.4, 0.5) is 18.9 Å². The number of anilines is 1. The lowest BCUT2D eigenvalue weighted by Gasteiger charge is -2.27. The molecule has 0 bridgehead atoms. The van der Waals surface area contributed by atoms with E-state index in [4.69, 9.17) is 4.74 Å². The van der Waals surface area contributed by atoms with Gasteiger partial charge in [-0.2, -0.15) is 13.2 Å². The lowest BCUT2D eigenvalue weighted by atomic mass is 9.77. The number of hydrogen-bond acceptors (Lipinski definition) is 5. The summed E-state index contributed by atoms with van der Waals surface area (Å²) >= 11 is 3.32. The second-order valence-electron chi connectivity index (χ2n) is 9.09. The standard InChI is InChI=1S/C27H15BrF3NO5/c28-15-10-8-13(9-11-15)21-19-20(26(37-21)22(33)17-6-1-2-7-18(17)23(26)34)25(36)32(24(19)35)16-5-3-4-14(12-16)27(29,30)31/h1-12,19-21H/t19-,20-,21-/m0/s1. The van der Waals surface area contributed by atoms with Crippen LogP contribution in [0, 0.1) is 11.8 Å². The highest BCUT2D eigenvalue weighted by molar-refractivity contribution is 9.10. The lowest BCUT2D eigenvalue weighted by molar-refractivity contribution is -0.137. The number of amides is 2. The molecule has 0 radical (unpaired) electrons. The molecule has 0 saturated carbocycles. The molecule has 2 aliphatic heterocycles. The Hall–Kier alpha value is -3.63. The van der Waals surface area contributed by atoms with E-state index in [1.165, 1.54) is 18.2 Å². The third-order valence-corrected chi connectivity index (χ3v) is 7.68. The molecule has 1 spiro atoms. The summed E-state index contributed by atoms with van der Waals surface area (Å²) in [4.78, 5) is 55.6. The number of carbonyl (C=O) groups is 4. The number of carbonyl (C=O) groups excluding carboxylic acids is 4. The zero-order valence-corrected chi connectivity index (χ0v) is 20.2. The van der Waals surface area contributed by atoms with Crippen LogP contribution in [-0.2, 0) is 20.5 Å². The summed E-state index contributed by atoms with van der Waals surface area (Å²) in [5.41, 5.74) is -3.05. The molecule has 0 aromatic heterocycles. The summed E-state index contributed by atoms with van der Waals surface area (Å²) < 4.78 is 47.0. The maximum atomic E-state index is 13.8. The van der Waals surface area contributed by atoms with Crippen molar-refractivity contribution < 1.29 is 37.1 Å². The number of hydrogen-bond donors (Lipinski definition) is 0. The molecule has 3 aliphatic rings. The molecule has 0 unspecified atom stereocenters. The first-order chi connectivity index (χ1) is 17.6. The average Bonchev–Trinajstić information content (AvgIpc) is 3.44. The van der Waals surface area contributed by atoms with Gasteiger partial charge in [0, 0.05) is 15.6 Å². The molecule has 2 amide bonds. The average molecular weight is 570 g/mol. The van der Waals surface area contributed by atoms with Gasteiger partial charge >= 0.3 is 6.18 Å². The van der Waals surface area contributed by atoms with E-state index in [1.54, 1.807) is 36.4 Å². The van der Waals surface area contributed by atoms with Crippen LogP contribution >= 0.6 is 15.9 Å². The monoisotopic (exact) mass is 569 g/mol. The Morgan fingerprint density at radius 3 is 2.03 bits per heavy atom. The molecular weight excluding hydrogens is 555 g/mol. The summed E-state index contributed by atoms with van der Waals surface area (Å²) in [6.07, 6.45) is -5.87. The quantitative estimate of drug-likeness (QED) is 0.314. The number of alkyl halides is 3. The molecule has 2 heterocycles. The minimum atomic E-state index is -4.71. The van der Waals surface area contributed by atoms with Crippen LogP contribution in [0.5, 0.6) is 0 Å². The third-order valence-electron chi connectivity index (χ3n) is 7.15. The Balaban J connectivity index is 1.53. The molecule has 1 aliphatic carbocycles. The fraction of sp³-hybridized carbons (Fsp3) is 0.185. The first-order valence-electron chi connectivity index (χ1n) is 11.2. The minimum absolute atomic E-state index is 0.0699. The minimum Gasteiger partial charge on any atom is -0.349 e. The maximum Gasteiger partial charge on any atom is 0.416 e. The van der Waals surface area contributed by atoms with Crippen LogP contribution in [0.2, 0.25) is 0 Å². The van der Waals surface area contributed by atoms with Crippen molar-refractivity contribution >= 4 is 45.0 Å². The fourth-order valence-corrected chi connectivity index (χ4v) is 5.81. The Morgan fingerprint density at radius 1 is 0.811 bits per heavy atom. The molecule has 6 nitrogen and oxygen atoms in total. The van der Waals surface area contributed by atoms with E-state index in [9.17, 15) is 32.3 Å². The van der Waals surface area contributed by atoms with Crippen molar-refractivity contribution in [3.05, 3.63) is 99.5 Å². The number of imide groups is 1. The zero-order chi connectivity index (χ0) is 26.3. The fourth-order valence-electron chi connectivity index (χ4n) is 5.55. The smallest absolute Gasteiger partial charge is 0.349 e. The number of ketones is 2. The topological polar surface area (TPSA) is 80.8 Å². The van der Waals surface area contributed by atoms with Gasteiger partial charge in [-0.25, -0.2) is 4.90 Å². The van der Waals surface area contributed by atoms with Gasteiger partial charge in [0.2, 0.25) is 29.0 Å². The van der Waals surface area contributed by atoms with Crippen molar-refractivity contribution in [3.63, 3.8) is 0 Å². The highest BCUT2D eigenvalue weighted by Gasteiger charge is 2.74. The molecule has 37 heavy (non-hydrogen) atoms. The second-order valence-corrected chi connectivity index (χ2v) is 10.0. The highest BCUT2D eigenvalue weighted by atomic mass is 79.9. The second kappa shape index (κ2) is 7.93. The number of Topliss-reactive ketones (excluding diaryl/α,β-unsaturated/α-hetero) is 2. The predicted octanol–water partition coefficient (Wildman–Crippen LogP) is 5.16. The van der Waals surface area contributed by atoms with E-state index in [0.29, 0.717) is 16.5 Å². The van der Waals surface area contributed by atoms with Crippen molar-refractivity contribution in [2.24, 2.45) is 11.8 Å². The van der Waals surface area contributed by atoms with E-state index in [2.05, 4.69) is 15.9 Å².